The van der Waals surface area contributed by atoms with Crippen LogP contribution in [0, 0.1) is 0 Å². The summed E-state index contributed by atoms with van der Waals surface area (Å²) in [4.78, 5) is 0. The number of ether oxygens (including phenoxy) is 3. The molecule has 1 N–H and O–H groups in total. The molecular formula is C19H22O4. The van der Waals surface area contributed by atoms with Crippen LogP contribution in [-0.4, -0.2) is 30.2 Å². The molecule has 0 spiro atoms. The number of hydrogen-bond donors (Lipinski definition) is 1. The van der Waals surface area contributed by atoms with E-state index < -0.39 is 0 Å². The molecule has 1 saturated heterocycles. The van der Waals surface area contributed by atoms with Gasteiger partial charge in [-0.1, -0.05) is 60.7 Å². The molecule has 1 aliphatic rings. The summed E-state index contributed by atoms with van der Waals surface area (Å²) in [5, 5.41) is 9.10. The van der Waals surface area contributed by atoms with Gasteiger partial charge in [-0.25, -0.2) is 0 Å². The first-order valence-corrected chi connectivity index (χ1v) is 7.92. The SMILES string of the molecule is OC[C@@H]1O[C@@H]1CC(OCc1ccccc1)OCc1ccccc1. The lowest BCUT2D eigenvalue weighted by molar-refractivity contribution is -0.162. The van der Waals surface area contributed by atoms with Crippen LogP contribution in [0.2, 0.25) is 0 Å². The van der Waals surface area contributed by atoms with Gasteiger partial charge in [0.15, 0.2) is 6.29 Å². The Labute approximate surface area is 136 Å². The van der Waals surface area contributed by atoms with Crippen molar-refractivity contribution in [3.8, 4) is 0 Å². The van der Waals surface area contributed by atoms with E-state index in [9.17, 15) is 0 Å². The van der Waals surface area contributed by atoms with Gasteiger partial charge in [0, 0.05) is 6.42 Å². The lowest BCUT2D eigenvalue weighted by Crippen LogP contribution is -2.20. The quantitative estimate of drug-likeness (QED) is 0.571. The van der Waals surface area contributed by atoms with Gasteiger partial charge in [0.2, 0.25) is 0 Å². The zero-order chi connectivity index (χ0) is 15.9. The van der Waals surface area contributed by atoms with Gasteiger partial charge in [0.05, 0.1) is 25.9 Å². The van der Waals surface area contributed by atoms with Crippen molar-refractivity contribution < 1.29 is 19.3 Å². The van der Waals surface area contributed by atoms with Crippen LogP contribution in [0.5, 0.6) is 0 Å². The zero-order valence-electron chi connectivity index (χ0n) is 13.0. The van der Waals surface area contributed by atoms with Crippen molar-refractivity contribution in [3.05, 3.63) is 71.8 Å². The van der Waals surface area contributed by atoms with E-state index in [1.54, 1.807) is 0 Å². The Morgan fingerprint density at radius 2 is 1.35 bits per heavy atom. The van der Waals surface area contributed by atoms with Crippen LogP contribution in [0.3, 0.4) is 0 Å². The van der Waals surface area contributed by atoms with Crippen LogP contribution in [0.25, 0.3) is 0 Å². The fourth-order valence-corrected chi connectivity index (χ4v) is 2.45. The molecule has 1 aliphatic heterocycles. The van der Waals surface area contributed by atoms with E-state index in [0.29, 0.717) is 19.6 Å². The molecule has 0 amide bonds. The Morgan fingerprint density at radius 3 is 1.78 bits per heavy atom. The smallest absolute Gasteiger partial charge is 0.161 e. The lowest BCUT2D eigenvalue weighted by atomic mass is 10.2. The van der Waals surface area contributed by atoms with Gasteiger partial charge in [0.25, 0.3) is 0 Å². The van der Waals surface area contributed by atoms with Gasteiger partial charge < -0.3 is 19.3 Å². The van der Waals surface area contributed by atoms with Crippen molar-refractivity contribution in [2.75, 3.05) is 6.61 Å². The first-order valence-electron chi connectivity index (χ1n) is 7.92. The zero-order valence-corrected chi connectivity index (χ0v) is 13.0. The van der Waals surface area contributed by atoms with Crippen LogP contribution in [0.4, 0.5) is 0 Å². The van der Waals surface area contributed by atoms with Gasteiger partial charge in [-0.05, 0) is 11.1 Å². The standard InChI is InChI=1S/C19H22O4/c20-12-18-17(23-18)11-19(21-13-15-7-3-1-4-8-15)22-14-16-9-5-2-6-10-16/h1-10,17-20H,11-14H2/t17-,18+/m1/s1. The highest BCUT2D eigenvalue weighted by Crippen LogP contribution is 2.28. The summed E-state index contributed by atoms with van der Waals surface area (Å²) < 4.78 is 17.2. The Morgan fingerprint density at radius 1 is 0.826 bits per heavy atom. The van der Waals surface area contributed by atoms with Crippen LogP contribution in [0.1, 0.15) is 17.5 Å². The van der Waals surface area contributed by atoms with E-state index in [4.69, 9.17) is 19.3 Å². The number of rotatable bonds is 9. The molecule has 1 heterocycles. The van der Waals surface area contributed by atoms with Crippen molar-refractivity contribution >= 4 is 0 Å². The van der Waals surface area contributed by atoms with E-state index in [1.807, 2.05) is 60.7 Å². The molecule has 2 aromatic carbocycles. The number of benzene rings is 2. The number of hydrogen-bond acceptors (Lipinski definition) is 4. The molecule has 0 radical (unpaired) electrons. The highest BCUT2D eigenvalue weighted by molar-refractivity contribution is 5.14. The van der Waals surface area contributed by atoms with Crippen molar-refractivity contribution in [2.24, 2.45) is 0 Å². The average Bonchev–Trinajstić information content (AvgIpc) is 3.37. The molecule has 0 bridgehead atoms. The third kappa shape index (κ3) is 5.15. The Balaban J connectivity index is 1.52. The number of epoxide rings is 1. The van der Waals surface area contributed by atoms with E-state index in [1.165, 1.54) is 0 Å². The molecular weight excluding hydrogens is 292 g/mol. The summed E-state index contributed by atoms with van der Waals surface area (Å²) in [6.45, 7) is 1.04. The maximum absolute atomic E-state index is 9.10. The second kappa shape index (κ2) is 8.22. The van der Waals surface area contributed by atoms with Gasteiger partial charge in [-0.2, -0.15) is 0 Å². The predicted molar refractivity (Wildman–Crippen MR) is 86.6 cm³/mol. The van der Waals surface area contributed by atoms with E-state index in [2.05, 4.69) is 0 Å². The molecule has 122 valence electrons. The average molecular weight is 314 g/mol. The van der Waals surface area contributed by atoms with Gasteiger partial charge >= 0.3 is 0 Å². The van der Waals surface area contributed by atoms with Crippen LogP contribution >= 0.6 is 0 Å². The molecule has 2 aromatic rings. The maximum Gasteiger partial charge on any atom is 0.161 e. The maximum atomic E-state index is 9.10. The number of aliphatic hydroxyl groups is 1. The predicted octanol–water partition coefficient (Wildman–Crippen LogP) is 2.90. The third-order valence-electron chi connectivity index (χ3n) is 3.85. The fourth-order valence-electron chi connectivity index (χ4n) is 2.45. The summed E-state index contributed by atoms with van der Waals surface area (Å²) in [6, 6.07) is 20.0. The fraction of sp³-hybridized carbons (Fsp3) is 0.368. The normalized spacial score (nSPS) is 19.9. The van der Waals surface area contributed by atoms with E-state index in [-0.39, 0.29) is 25.1 Å². The van der Waals surface area contributed by atoms with Gasteiger partial charge in [0.1, 0.15) is 6.10 Å². The van der Waals surface area contributed by atoms with Gasteiger partial charge in [-0.3, -0.25) is 0 Å². The molecule has 1 fully saturated rings. The molecule has 2 atom stereocenters. The van der Waals surface area contributed by atoms with Crippen LogP contribution in [0.15, 0.2) is 60.7 Å². The summed E-state index contributed by atoms with van der Waals surface area (Å²) in [7, 11) is 0. The van der Waals surface area contributed by atoms with E-state index in [0.717, 1.165) is 11.1 Å². The van der Waals surface area contributed by atoms with Crippen molar-refractivity contribution in [1.82, 2.24) is 0 Å². The largest absolute Gasteiger partial charge is 0.394 e. The Hall–Kier alpha value is -1.72. The number of aliphatic hydroxyl groups excluding tert-OH is 1. The minimum atomic E-state index is -0.350. The molecule has 0 aromatic heterocycles. The molecule has 4 nitrogen and oxygen atoms in total. The molecule has 3 rings (SSSR count). The first-order chi connectivity index (χ1) is 11.3. The first kappa shape index (κ1) is 16.1. The molecule has 0 aliphatic carbocycles. The monoisotopic (exact) mass is 314 g/mol. The van der Waals surface area contributed by atoms with Crippen LogP contribution < -0.4 is 0 Å². The van der Waals surface area contributed by atoms with Crippen molar-refractivity contribution in [2.45, 2.75) is 38.1 Å². The Bertz CT molecular complexity index is 529. The molecule has 0 saturated carbocycles. The second-order valence-electron chi connectivity index (χ2n) is 5.65. The highest BCUT2D eigenvalue weighted by atomic mass is 16.7. The summed E-state index contributed by atoms with van der Waals surface area (Å²) in [5.41, 5.74) is 2.22. The van der Waals surface area contributed by atoms with Crippen molar-refractivity contribution in [3.63, 3.8) is 0 Å². The third-order valence-corrected chi connectivity index (χ3v) is 3.85. The van der Waals surface area contributed by atoms with Crippen molar-refractivity contribution in [1.29, 1.82) is 0 Å². The minimum absolute atomic E-state index is 0.0246. The van der Waals surface area contributed by atoms with E-state index >= 15 is 0 Å². The summed E-state index contributed by atoms with van der Waals surface area (Å²) >= 11 is 0. The molecule has 4 heteroatoms. The molecule has 23 heavy (non-hydrogen) atoms. The molecule has 0 unspecified atom stereocenters. The van der Waals surface area contributed by atoms with Crippen LogP contribution in [-0.2, 0) is 27.4 Å². The minimum Gasteiger partial charge on any atom is -0.394 e. The summed E-state index contributed by atoms with van der Waals surface area (Å²) in [5.74, 6) is 0. The summed E-state index contributed by atoms with van der Waals surface area (Å²) in [6.07, 6.45) is 0.233. The second-order valence-corrected chi connectivity index (χ2v) is 5.65. The lowest BCUT2D eigenvalue weighted by Gasteiger charge is -2.18. The Kier molecular flexibility index (Phi) is 5.77. The highest BCUT2D eigenvalue weighted by Gasteiger charge is 2.40. The topological polar surface area (TPSA) is 51.2 Å². The van der Waals surface area contributed by atoms with Gasteiger partial charge in [-0.15, -0.1) is 0 Å².